The van der Waals surface area contributed by atoms with Crippen molar-refractivity contribution in [2.75, 3.05) is 26.2 Å². The molecule has 0 saturated carbocycles. The molecule has 0 aliphatic rings. The van der Waals surface area contributed by atoms with Gasteiger partial charge < -0.3 is 10.2 Å². The van der Waals surface area contributed by atoms with Gasteiger partial charge in [-0.3, -0.25) is 0 Å². The summed E-state index contributed by atoms with van der Waals surface area (Å²) < 4.78 is 0. The van der Waals surface area contributed by atoms with E-state index < -0.39 is 0 Å². The summed E-state index contributed by atoms with van der Waals surface area (Å²) in [4.78, 5) is 6.51. The van der Waals surface area contributed by atoms with E-state index in [0.717, 1.165) is 13.1 Å². The van der Waals surface area contributed by atoms with Gasteiger partial charge in [0, 0.05) is 12.7 Å². The summed E-state index contributed by atoms with van der Waals surface area (Å²) in [6.07, 6.45) is 7.87. The van der Waals surface area contributed by atoms with Crippen LogP contribution in [0.2, 0.25) is 0 Å². The zero-order valence-electron chi connectivity index (χ0n) is 10.4. The lowest BCUT2D eigenvalue weighted by atomic mass is 10.3. The second-order valence-electron chi connectivity index (χ2n) is 3.50. The number of aliphatic imine (C=N–C) groups is 1. The van der Waals surface area contributed by atoms with E-state index in [1.165, 1.54) is 25.9 Å². The van der Waals surface area contributed by atoms with Crippen LogP contribution in [-0.2, 0) is 0 Å². The van der Waals surface area contributed by atoms with E-state index in [1.54, 1.807) is 12.5 Å². The molecule has 0 saturated heterocycles. The van der Waals surface area contributed by atoms with Crippen LogP contribution in [-0.4, -0.2) is 37.4 Å². The van der Waals surface area contributed by atoms with Gasteiger partial charge in [0.2, 0.25) is 0 Å². The van der Waals surface area contributed by atoms with Crippen molar-refractivity contribution in [2.24, 2.45) is 4.99 Å². The van der Waals surface area contributed by atoms with Crippen molar-refractivity contribution < 1.29 is 0 Å². The minimum atomic E-state index is 1.00. The maximum absolute atomic E-state index is 4.03. The van der Waals surface area contributed by atoms with Gasteiger partial charge in [0.15, 0.2) is 0 Å². The van der Waals surface area contributed by atoms with Crippen LogP contribution in [0.1, 0.15) is 33.6 Å². The zero-order valence-corrected chi connectivity index (χ0v) is 10.4. The Morgan fingerprint density at radius 1 is 1.27 bits per heavy atom. The number of hydrogen-bond donors (Lipinski definition) is 1. The number of rotatable bonds is 9. The van der Waals surface area contributed by atoms with E-state index in [9.17, 15) is 0 Å². The molecule has 0 radical (unpaired) electrons. The van der Waals surface area contributed by atoms with E-state index in [1.807, 2.05) is 13.0 Å². The van der Waals surface area contributed by atoms with E-state index in [4.69, 9.17) is 0 Å². The van der Waals surface area contributed by atoms with Crippen LogP contribution in [0.25, 0.3) is 0 Å². The molecule has 0 bridgehead atoms. The molecule has 0 heterocycles. The molecule has 15 heavy (non-hydrogen) atoms. The molecule has 0 unspecified atom stereocenters. The van der Waals surface area contributed by atoms with E-state index >= 15 is 0 Å². The predicted molar refractivity (Wildman–Crippen MR) is 68.3 cm³/mol. The molecule has 0 aliphatic heterocycles. The van der Waals surface area contributed by atoms with Gasteiger partial charge in [0.1, 0.15) is 0 Å². The highest BCUT2D eigenvalue weighted by Crippen LogP contribution is 1.92. The summed E-state index contributed by atoms with van der Waals surface area (Å²) in [7, 11) is 0. The van der Waals surface area contributed by atoms with Gasteiger partial charge in [-0.25, -0.2) is 4.99 Å². The third-order valence-electron chi connectivity index (χ3n) is 2.18. The van der Waals surface area contributed by atoms with Crippen molar-refractivity contribution in [3.63, 3.8) is 0 Å². The summed E-state index contributed by atoms with van der Waals surface area (Å²) in [5.74, 6) is 0. The Bertz CT molecular complexity index is 176. The minimum absolute atomic E-state index is 1.00. The Morgan fingerprint density at radius 3 is 2.67 bits per heavy atom. The van der Waals surface area contributed by atoms with Gasteiger partial charge >= 0.3 is 0 Å². The average Bonchev–Trinajstić information content (AvgIpc) is 2.26. The first-order chi connectivity index (χ1) is 7.35. The fourth-order valence-electron chi connectivity index (χ4n) is 1.40. The molecule has 88 valence electrons. The smallest absolute Gasteiger partial charge is 0.0878 e. The van der Waals surface area contributed by atoms with Crippen molar-refractivity contribution in [3.8, 4) is 0 Å². The van der Waals surface area contributed by atoms with Crippen molar-refractivity contribution in [3.05, 3.63) is 12.3 Å². The summed E-state index contributed by atoms with van der Waals surface area (Å²) in [6, 6.07) is 0. The van der Waals surface area contributed by atoms with Gasteiger partial charge in [-0.2, -0.15) is 0 Å². The molecule has 3 heteroatoms. The second-order valence-corrected chi connectivity index (χ2v) is 3.50. The maximum atomic E-state index is 4.03. The Hall–Kier alpha value is -0.830. The molecule has 0 amide bonds. The second kappa shape index (κ2) is 11.2. The quantitative estimate of drug-likeness (QED) is 0.360. The first-order valence-corrected chi connectivity index (χ1v) is 5.93. The lowest BCUT2D eigenvalue weighted by Crippen LogP contribution is -2.27. The average molecular weight is 211 g/mol. The fourth-order valence-corrected chi connectivity index (χ4v) is 1.40. The Kier molecular flexibility index (Phi) is 10.6. The normalized spacial score (nSPS) is 12.0. The van der Waals surface area contributed by atoms with Crippen LogP contribution in [0.3, 0.4) is 0 Å². The zero-order chi connectivity index (χ0) is 11.4. The van der Waals surface area contributed by atoms with Gasteiger partial charge in [0.05, 0.1) is 6.34 Å². The minimum Gasteiger partial charge on any atom is -0.376 e. The summed E-state index contributed by atoms with van der Waals surface area (Å²) in [5, 5.41) is 3.17. The first kappa shape index (κ1) is 14.2. The Balaban J connectivity index is 3.35. The molecule has 0 atom stereocenters. The van der Waals surface area contributed by atoms with E-state index in [0.29, 0.717) is 0 Å². The van der Waals surface area contributed by atoms with Crippen LogP contribution >= 0.6 is 0 Å². The highest BCUT2D eigenvalue weighted by atomic mass is 15.1. The van der Waals surface area contributed by atoms with Crippen molar-refractivity contribution in [1.29, 1.82) is 0 Å². The van der Waals surface area contributed by atoms with E-state index in [-0.39, 0.29) is 0 Å². The van der Waals surface area contributed by atoms with Gasteiger partial charge in [0.25, 0.3) is 0 Å². The number of hydrogen-bond acceptors (Lipinski definition) is 2. The third kappa shape index (κ3) is 9.47. The molecule has 0 aliphatic carbocycles. The molecular formula is C12H25N3. The number of nitrogens with one attached hydrogen (secondary N) is 1. The summed E-state index contributed by atoms with van der Waals surface area (Å²) in [5.41, 5.74) is 0. The summed E-state index contributed by atoms with van der Waals surface area (Å²) in [6.45, 7) is 10.9. The Morgan fingerprint density at radius 2 is 2.07 bits per heavy atom. The predicted octanol–water partition coefficient (Wildman–Crippen LogP) is 2.26. The highest BCUT2D eigenvalue weighted by molar-refractivity contribution is 5.54. The van der Waals surface area contributed by atoms with Crippen LogP contribution < -0.4 is 5.32 Å². The molecular weight excluding hydrogens is 186 g/mol. The van der Waals surface area contributed by atoms with Gasteiger partial charge in [-0.05, 0) is 39.4 Å². The summed E-state index contributed by atoms with van der Waals surface area (Å²) >= 11 is 0. The lowest BCUT2D eigenvalue weighted by molar-refractivity contribution is 0.285. The first-order valence-electron chi connectivity index (χ1n) is 5.93. The van der Waals surface area contributed by atoms with Crippen molar-refractivity contribution >= 4 is 6.34 Å². The number of allylic oxidation sites excluding steroid dienone is 1. The van der Waals surface area contributed by atoms with Gasteiger partial charge in [-0.15, -0.1) is 0 Å². The molecule has 0 rings (SSSR count). The molecule has 0 aromatic rings. The van der Waals surface area contributed by atoms with Crippen LogP contribution in [0.5, 0.6) is 0 Å². The van der Waals surface area contributed by atoms with Crippen molar-refractivity contribution in [1.82, 2.24) is 10.2 Å². The lowest BCUT2D eigenvalue weighted by Gasteiger charge is -2.18. The standard InChI is InChI=1S/C12H25N3/c1-4-8-13-12-14-9-7-11-15(6-3)10-5-2/h4,8,12H,5-7,9-11H2,1-3H3,(H,13,14)/b8-4-. The van der Waals surface area contributed by atoms with Gasteiger partial charge in [-0.1, -0.05) is 19.9 Å². The van der Waals surface area contributed by atoms with Crippen LogP contribution in [0.4, 0.5) is 0 Å². The molecule has 0 aromatic carbocycles. The molecule has 0 fully saturated rings. The van der Waals surface area contributed by atoms with Crippen LogP contribution in [0, 0.1) is 0 Å². The molecule has 0 spiro atoms. The van der Waals surface area contributed by atoms with Crippen LogP contribution in [0.15, 0.2) is 17.3 Å². The maximum Gasteiger partial charge on any atom is 0.0878 e. The SMILES string of the molecule is C/C=C\N=C\NCCCN(CC)CCC. The fraction of sp³-hybridized carbons (Fsp3) is 0.750. The monoisotopic (exact) mass is 211 g/mol. The molecule has 1 N–H and O–H groups in total. The largest absolute Gasteiger partial charge is 0.376 e. The Labute approximate surface area is 94.3 Å². The topological polar surface area (TPSA) is 27.6 Å². The molecule has 0 aromatic heterocycles. The van der Waals surface area contributed by atoms with Crippen molar-refractivity contribution in [2.45, 2.75) is 33.6 Å². The third-order valence-corrected chi connectivity index (χ3v) is 2.18. The number of nitrogens with zero attached hydrogens (tertiary/aromatic N) is 2. The molecule has 3 nitrogen and oxygen atoms in total. The van der Waals surface area contributed by atoms with E-state index in [2.05, 4.69) is 29.1 Å². The highest BCUT2D eigenvalue weighted by Gasteiger charge is 1.98.